The molecule has 1 aliphatic carbocycles. The third-order valence-electron chi connectivity index (χ3n) is 3.71. The minimum absolute atomic E-state index is 0.00258. The van der Waals surface area contributed by atoms with Crippen LogP contribution in [0.15, 0.2) is 0 Å². The lowest BCUT2D eigenvalue weighted by molar-refractivity contribution is 0.316. The molecule has 0 aromatic carbocycles. The smallest absolute Gasteiger partial charge is 0.0207 e. The molecule has 2 rings (SSSR count). The number of hydrogen-bond acceptors (Lipinski definition) is 3. The lowest BCUT2D eigenvalue weighted by Gasteiger charge is -2.19. The molecule has 0 spiro atoms. The van der Waals surface area contributed by atoms with Crippen molar-refractivity contribution in [1.29, 1.82) is 0 Å². The fraction of sp³-hybridized carbons (Fsp3) is 1.00. The zero-order valence-electron chi connectivity index (χ0n) is 10.8. The summed E-state index contributed by atoms with van der Waals surface area (Å²) in [7, 11) is 0. The molecule has 0 bridgehead atoms. The van der Waals surface area contributed by atoms with Crippen molar-refractivity contribution >= 4 is 0 Å². The second-order valence-corrected chi connectivity index (χ2v) is 6.26. The van der Waals surface area contributed by atoms with E-state index in [9.17, 15) is 0 Å². The molecule has 3 heteroatoms. The van der Waals surface area contributed by atoms with Crippen LogP contribution in [0.25, 0.3) is 0 Å². The molecular formula is C13H27N3. The maximum Gasteiger partial charge on any atom is 0.0207 e. The van der Waals surface area contributed by atoms with Gasteiger partial charge in [-0.15, -0.1) is 0 Å². The number of nitrogens with two attached hydrogens (primary N) is 1. The van der Waals surface area contributed by atoms with Gasteiger partial charge in [-0.05, 0) is 52.5 Å². The molecule has 0 amide bonds. The number of likely N-dealkylation sites (tertiary alicyclic amines) is 1. The standard InChI is InChI=1S/C13H27N3/c1-13(2,14)7-3-8-15-11-6-9-16(10-11)12-4-5-12/h11-12,15H,3-10,14H2,1-2H3. The number of nitrogens with one attached hydrogen (secondary N) is 1. The van der Waals surface area contributed by atoms with Gasteiger partial charge in [0.05, 0.1) is 0 Å². The van der Waals surface area contributed by atoms with Crippen LogP contribution >= 0.6 is 0 Å². The maximum atomic E-state index is 5.96. The van der Waals surface area contributed by atoms with Crippen LogP contribution < -0.4 is 11.1 Å². The number of hydrogen-bond donors (Lipinski definition) is 2. The third-order valence-corrected chi connectivity index (χ3v) is 3.71. The molecule has 1 unspecified atom stereocenters. The van der Waals surface area contributed by atoms with Gasteiger partial charge < -0.3 is 11.1 Å². The second kappa shape index (κ2) is 5.03. The summed E-state index contributed by atoms with van der Waals surface area (Å²) < 4.78 is 0. The minimum Gasteiger partial charge on any atom is -0.326 e. The first-order chi connectivity index (χ1) is 7.54. The first-order valence-corrected chi connectivity index (χ1v) is 6.81. The Balaban J connectivity index is 1.54. The van der Waals surface area contributed by atoms with Crippen molar-refractivity contribution in [2.45, 2.75) is 63.6 Å². The molecule has 94 valence electrons. The van der Waals surface area contributed by atoms with E-state index in [0.717, 1.165) is 25.0 Å². The predicted octanol–water partition coefficient (Wildman–Crippen LogP) is 1.33. The van der Waals surface area contributed by atoms with Gasteiger partial charge in [-0.1, -0.05) is 0 Å². The monoisotopic (exact) mass is 225 g/mol. The molecule has 16 heavy (non-hydrogen) atoms. The Morgan fingerprint density at radius 2 is 2.06 bits per heavy atom. The van der Waals surface area contributed by atoms with E-state index in [1.165, 1.54) is 38.8 Å². The van der Waals surface area contributed by atoms with Gasteiger partial charge >= 0.3 is 0 Å². The molecule has 0 aromatic heterocycles. The van der Waals surface area contributed by atoms with E-state index in [-0.39, 0.29) is 5.54 Å². The van der Waals surface area contributed by atoms with Crippen LogP contribution in [0.3, 0.4) is 0 Å². The van der Waals surface area contributed by atoms with Crippen molar-refractivity contribution in [3.63, 3.8) is 0 Å². The lowest BCUT2D eigenvalue weighted by Crippen LogP contribution is -2.36. The van der Waals surface area contributed by atoms with Crippen LogP contribution in [0.4, 0.5) is 0 Å². The Morgan fingerprint density at radius 3 is 2.69 bits per heavy atom. The SMILES string of the molecule is CC(C)(N)CCCNC1CCN(C2CC2)C1. The normalized spacial score (nSPS) is 27.6. The first-order valence-electron chi connectivity index (χ1n) is 6.81. The number of nitrogens with zero attached hydrogens (tertiary/aromatic N) is 1. The van der Waals surface area contributed by atoms with Gasteiger partial charge in [-0.3, -0.25) is 4.90 Å². The third kappa shape index (κ3) is 4.04. The summed E-state index contributed by atoms with van der Waals surface area (Å²) in [5.41, 5.74) is 5.96. The topological polar surface area (TPSA) is 41.3 Å². The Bertz CT molecular complexity index is 218. The fourth-order valence-corrected chi connectivity index (χ4v) is 2.58. The molecule has 2 aliphatic rings. The average Bonchev–Trinajstić information content (AvgIpc) is 2.93. The highest BCUT2D eigenvalue weighted by atomic mass is 15.2. The molecule has 2 fully saturated rings. The summed E-state index contributed by atoms with van der Waals surface area (Å²) in [4.78, 5) is 2.66. The van der Waals surface area contributed by atoms with Gasteiger partial charge in [-0.25, -0.2) is 0 Å². The summed E-state index contributed by atoms with van der Waals surface area (Å²) in [6, 6.07) is 1.68. The fourth-order valence-electron chi connectivity index (χ4n) is 2.58. The Hall–Kier alpha value is -0.120. The van der Waals surface area contributed by atoms with E-state index < -0.39 is 0 Å². The van der Waals surface area contributed by atoms with Crippen LogP contribution in [-0.4, -0.2) is 42.2 Å². The van der Waals surface area contributed by atoms with Crippen molar-refractivity contribution < 1.29 is 0 Å². The Kier molecular flexibility index (Phi) is 3.88. The predicted molar refractivity (Wildman–Crippen MR) is 68.5 cm³/mol. The van der Waals surface area contributed by atoms with Gasteiger partial charge in [0.1, 0.15) is 0 Å². The maximum absolute atomic E-state index is 5.96. The molecule has 1 atom stereocenters. The van der Waals surface area contributed by atoms with Gasteiger partial charge in [0, 0.05) is 30.7 Å². The molecule has 1 saturated heterocycles. The van der Waals surface area contributed by atoms with Crippen molar-refractivity contribution in [3.05, 3.63) is 0 Å². The van der Waals surface area contributed by atoms with Crippen molar-refractivity contribution in [3.8, 4) is 0 Å². The average molecular weight is 225 g/mol. The molecule has 1 saturated carbocycles. The van der Waals surface area contributed by atoms with Crippen molar-refractivity contribution in [2.75, 3.05) is 19.6 Å². The summed E-state index contributed by atoms with van der Waals surface area (Å²) in [6.45, 7) is 7.93. The van der Waals surface area contributed by atoms with Crippen molar-refractivity contribution in [2.24, 2.45) is 5.73 Å². The Morgan fingerprint density at radius 1 is 1.31 bits per heavy atom. The van der Waals surface area contributed by atoms with E-state index >= 15 is 0 Å². The van der Waals surface area contributed by atoms with Gasteiger partial charge in [0.25, 0.3) is 0 Å². The van der Waals surface area contributed by atoms with Gasteiger partial charge in [-0.2, -0.15) is 0 Å². The highest BCUT2D eigenvalue weighted by molar-refractivity contribution is 4.91. The Labute approximate surface area is 99.8 Å². The van der Waals surface area contributed by atoms with Crippen LogP contribution in [0.1, 0.15) is 46.0 Å². The molecular weight excluding hydrogens is 198 g/mol. The highest BCUT2D eigenvalue weighted by Gasteiger charge is 2.33. The van der Waals surface area contributed by atoms with E-state index in [1.54, 1.807) is 0 Å². The van der Waals surface area contributed by atoms with Crippen molar-refractivity contribution in [1.82, 2.24) is 10.2 Å². The van der Waals surface area contributed by atoms with Crippen LogP contribution in [0, 0.1) is 0 Å². The molecule has 0 radical (unpaired) electrons. The molecule has 1 aliphatic heterocycles. The second-order valence-electron chi connectivity index (χ2n) is 6.26. The largest absolute Gasteiger partial charge is 0.326 e. The quantitative estimate of drug-likeness (QED) is 0.670. The summed E-state index contributed by atoms with van der Waals surface area (Å²) >= 11 is 0. The molecule has 3 N–H and O–H groups in total. The van der Waals surface area contributed by atoms with Gasteiger partial charge in [0.2, 0.25) is 0 Å². The highest BCUT2D eigenvalue weighted by Crippen LogP contribution is 2.29. The summed E-state index contributed by atoms with van der Waals surface area (Å²) in [5.74, 6) is 0. The lowest BCUT2D eigenvalue weighted by atomic mass is 10.0. The van der Waals surface area contributed by atoms with Crippen LogP contribution in [0.2, 0.25) is 0 Å². The first kappa shape index (κ1) is 12.3. The number of rotatable bonds is 6. The molecule has 0 aromatic rings. The van der Waals surface area contributed by atoms with Gasteiger partial charge in [0.15, 0.2) is 0 Å². The van der Waals surface area contributed by atoms with Crippen LogP contribution in [0.5, 0.6) is 0 Å². The van der Waals surface area contributed by atoms with E-state index in [2.05, 4.69) is 24.1 Å². The zero-order chi connectivity index (χ0) is 11.6. The zero-order valence-corrected chi connectivity index (χ0v) is 10.8. The van der Waals surface area contributed by atoms with E-state index in [4.69, 9.17) is 5.73 Å². The summed E-state index contributed by atoms with van der Waals surface area (Å²) in [5, 5.41) is 3.67. The minimum atomic E-state index is -0.00258. The van der Waals surface area contributed by atoms with E-state index in [1.807, 2.05) is 0 Å². The summed E-state index contributed by atoms with van der Waals surface area (Å²) in [6.07, 6.45) is 6.52. The van der Waals surface area contributed by atoms with E-state index in [0.29, 0.717) is 0 Å². The molecule has 3 nitrogen and oxygen atoms in total. The molecule has 1 heterocycles. The van der Waals surface area contributed by atoms with Crippen LogP contribution in [-0.2, 0) is 0 Å².